The van der Waals surface area contributed by atoms with Gasteiger partial charge in [-0.2, -0.15) is 0 Å². The van der Waals surface area contributed by atoms with Crippen LogP contribution in [-0.2, 0) is 9.47 Å². The molecule has 0 bridgehead atoms. The van der Waals surface area contributed by atoms with Crippen molar-refractivity contribution in [2.24, 2.45) is 5.92 Å². The Labute approximate surface area is 60.3 Å². The van der Waals surface area contributed by atoms with E-state index in [0.717, 1.165) is 12.8 Å². The maximum atomic E-state index is 10.4. The van der Waals surface area contributed by atoms with E-state index in [-0.39, 0.29) is 0 Å². The van der Waals surface area contributed by atoms with Crippen molar-refractivity contribution >= 4 is 6.16 Å². The Morgan fingerprint density at radius 2 is 2.10 bits per heavy atom. The molecule has 0 radical (unpaired) electrons. The van der Waals surface area contributed by atoms with E-state index in [1.807, 2.05) is 0 Å². The lowest BCUT2D eigenvalue weighted by Crippen LogP contribution is -2.27. The van der Waals surface area contributed by atoms with Crippen LogP contribution < -0.4 is 0 Å². The first-order chi connectivity index (χ1) is 4.83. The highest BCUT2D eigenvalue weighted by Crippen LogP contribution is 2.12. The van der Waals surface area contributed by atoms with Crippen LogP contribution in [0.25, 0.3) is 0 Å². The number of hydrogen-bond acceptors (Lipinski definition) is 3. The second kappa shape index (κ2) is 3.44. The molecule has 3 nitrogen and oxygen atoms in total. The molecule has 1 aliphatic rings. The fraction of sp³-hybridized carbons (Fsp3) is 0.857. The number of rotatable bonds is 2. The molecule has 0 unspecified atom stereocenters. The van der Waals surface area contributed by atoms with Crippen molar-refractivity contribution < 1.29 is 14.3 Å². The van der Waals surface area contributed by atoms with Crippen molar-refractivity contribution in [2.45, 2.75) is 19.8 Å². The Balaban J connectivity index is 2.19. The summed E-state index contributed by atoms with van der Waals surface area (Å²) in [4.78, 5) is 10.4. The predicted molar refractivity (Wildman–Crippen MR) is 35.7 cm³/mol. The summed E-state index contributed by atoms with van der Waals surface area (Å²) in [6, 6.07) is 0. The summed E-state index contributed by atoms with van der Waals surface area (Å²) in [7, 11) is 0. The molecule has 1 heterocycles. The zero-order chi connectivity index (χ0) is 7.40. The van der Waals surface area contributed by atoms with Crippen LogP contribution in [0.15, 0.2) is 0 Å². The molecule has 0 amide bonds. The molecule has 1 rings (SSSR count). The third-order valence-corrected chi connectivity index (χ3v) is 1.57. The second-order valence-corrected chi connectivity index (χ2v) is 2.53. The first kappa shape index (κ1) is 7.38. The molecular formula is C7H12O3. The zero-order valence-electron chi connectivity index (χ0n) is 6.13. The third kappa shape index (κ3) is 1.90. The number of cyclic esters (lactones) is 2. The van der Waals surface area contributed by atoms with Gasteiger partial charge in [0.15, 0.2) is 0 Å². The van der Waals surface area contributed by atoms with Crippen LogP contribution in [0.4, 0.5) is 4.79 Å². The summed E-state index contributed by atoms with van der Waals surface area (Å²) in [5.41, 5.74) is 0. The van der Waals surface area contributed by atoms with Gasteiger partial charge in [0.05, 0.1) is 0 Å². The SMILES string of the molecule is CCCC1COC(=O)OC1. The summed E-state index contributed by atoms with van der Waals surface area (Å²) in [6.45, 7) is 3.18. The van der Waals surface area contributed by atoms with Crippen molar-refractivity contribution in [3.8, 4) is 0 Å². The van der Waals surface area contributed by atoms with Crippen molar-refractivity contribution in [1.29, 1.82) is 0 Å². The molecule has 0 N–H and O–H groups in total. The summed E-state index contributed by atoms with van der Waals surface area (Å²) in [5.74, 6) is 0.419. The highest BCUT2D eigenvalue weighted by Gasteiger charge is 2.19. The third-order valence-electron chi connectivity index (χ3n) is 1.57. The molecule has 58 valence electrons. The first-order valence-electron chi connectivity index (χ1n) is 3.62. The van der Waals surface area contributed by atoms with E-state index >= 15 is 0 Å². The fourth-order valence-corrected chi connectivity index (χ4v) is 1.04. The lowest BCUT2D eigenvalue weighted by atomic mass is 10.1. The van der Waals surface area contributed by atoms with Crippen molar-refractivity contribution in [3.63, 3.8) is 0 Å². The lowest BCUT2D eigenvalue weighted by Gasteiger charge is -2.20. The van der Waals surface area contributed by atoms with Crippen molar-refractivity contribution in [3.05, 3.63) is 0 Å². The van der Waals surface area contributed by atoms with E-state index in [2.05, 4.69) is 16.4 Å². The van der Waals surface area contributed by atoms with Crippen LogP contribution in [0.2, 0.25) is 0 Å². The van der Waals surface area contributed by atoms with Gasteiger partial charge in [-0.15, -0.1) is 0 Å². The smallest absolute Gasteiger partial charge is 0.434 e. The largest absolute Gasteiger partial charge is 0.508 e. The van der Waals surface area contributed by atoms with Gasteiger partial charge in [0.25, 0.3) is 0 Å². The van der Waals surface area contributed by atoms with Crippen LogP contribution in [0.3, 0.4) is 0 Å². The molecular weight excluding hydrogens is 132 g/mol. The van der Waals surface area contributed by atoms with Gasteiger partial charge in [-0.05, 0) is 6.42 Å². The number of carbonyl (C=O) groups is 1. The summed E-state index contributed by atoms with van der Waals surface area (Å²) in [5, 5.41) is 0. The minimum Gasteiger partial charge on any atom is -0.434 e. The van der Waals surface area contributed by atoms with E-state index in [1.165, 1.54) is 0 Å². The average Bonchev–Trinajstić information content (AvgIpc) is 1.95. The lowest BCUT2D eigenvalue weighted by molar-refractivity contribution is -0.0141. The van der Waals surface area contributed by atoms with Gasteiger partial charge in [0, 0.05) is 5.92 Å². The summed E-state index contributed by atoms with van der Waals surface area (Å²) < 4.78 is 9.36. The van der Waals surface area contributed by atoms with Gasteiger partial charge >= 0.3 is 6.16 Å². The van der Waals surface area contributed by atoms with Crippen molar-refractivity contribution in [1.82, 2.24) is 0 Å². The molecule has 0 aromatic carbocycles. The van der Waals surface area contributed by atoms with E-state index < -0.39 is 6.16 Å². The summed E-state index contributed by atoms with van der Waals surface area (Å²) in [6.07, 6.45) is 1.67. The molecule has 0 spiro atoms. The minimum atomic E-state index is -0.521. The van der Waals surface area contributed by atoms with Crippen LogP contribution in [-0.4, -0.2) is 19.4 Å². The highest BCUT2D eigenvalue weighted by atomic mass is 16.7. The molecule has 0 aliphatic carbocycles. The molecule has 0 aromatic rings. The second-order valence-electron chi connectivity index (χ2n) is 2.53. The van der Waals surface area contributed by atoms with Gasteiger partial charge in [0.1, 0.15) is 13.2 Å². The number of hydrogen-bond donors (Lipinski definition) is 0. The van der Waals surface area contributed by atoms with E-state index in [0.29, 0.717) is 19.1 Å². The Morgan fingerprint density at radius 3 is 2.60 bits per heavy atom. The fourth-order valence-electron chi connectivity index (χ4n) is 1.04. The van der Waals surface area contributed by atoms with Crippen LogP contribution in [0.5, 0.6) is 0 Å². The minimum absolute atomic E-state index is 0.419. The predicted octanol–water partition coefficient (Wildman–Crippen LogP) is 1.57. The van der Waals surface area contributed by atoms with E-state index in [9.17, 15) is 4.79 Å². The Kier molecular flexibility index (Phi) is 2.54. The van der Waals surface area contributed by atoms with Gasteiger partial charge in [-0.1, -0.05) is 13.3 Å². The van der Waals surface area contributed by atoms with Crippen molar-refractivity contribution in [2.75, 3.05) is 13.2 Å². The molecule has 1 aliphatic heterocycles. The van der Waals surface area contributed by atoms with Crippen LogP contribution >= 0.6 is 0 Å². The Morgan fingerprint density at radius 1 is 1.50 bits per heavy atom. The highest BCUT2D eigenvalue weighted by molar-refractivity contribution is 5.60. The van der Waals surface area contributed by atoms with Gasteiger partial charge in [-0.25, -0.2) is 4.79 Å². The Bertz CT molecular complexity index is 112. The molecule has 1 fully saturated rings. The van der Waals surface area contributed by atoms with Crippen LogP contribution in [0.1, 0.15) is 19.8 Å². The van der Waals surface area contributed by atoms with Crippen LogP contribution in [0, 0.1) is 5.92 Å². The Hall–Kier alpha value is -0.730. The first-order valence-corrected chi connectivity index (χ1v) is 3.62. The molecule has 1 saturated heterocycles. The topological polar surface area (TPSA) is 35.5 Å². The van der Waals surface area contributed by atoms with E-state index in [4.69, 9.17) is 0 Å². The average molecular weight is 144 g/mol. The number of ether oxygens (including phenoxy) is 2. The van der Waals surface area contributed by atoms with E-state index in [1.54, 1.807) is 0 Å². The van der Waals surface area contributed by atoms with Gasteiger partial charge in [-0.3, -0.25) is 0 Å². The standard InChI is InChI=1S/C7H12O3/c1-2-3-6-4-9-7(8)10-5-6/h6H,2-5H2,1H3. The maximum absolute atomic E-state index is 10.4. The summed E-state index contributed by atoms with van der Waals surface area (Å²) >= 11 is 0. The quantitative estimate of drug-likeness (QED) is 0.552. The maximum Gasteiger partial charge on any atom is 0.508 e. The zero-order valence-corrected chi connectivity index (χ0v) is 6.13. The number of carbonyl (C=O) groups excluding carboxylic acids is 1. The normalized spacial score (nSPS) is 19.9. The monoisotopic (exact) mass is 144 g/mol. The molecule has 0 aromatic heterocycles. The molecule has 0 atom stereocenters. The molecule has 3 heteroatoms. The van der Waals surface area contributed by atoms with Gasteiger partial charge in [0.2, 0.25) is 0 Å². The molecule has 0 saturated carbocycles. The van der Waals surface area contributed by atoms with Gasteiger partial charge < -0.3 is 9.47 Å². The molecule has 10 heavy (non-hydrogen) atoms.